The Kier molecular flexibility index (Phi) is 3.27. The molecule has 2 aromatic rings. The van der Waals surface area contributed by atoms with Gasteiger partial charge in [0.25, 0.3) is 0 Å². The van der Waals surface area contributed by atoms with E-state index in [4.69, 9.17) is 5.73 Å². The number of nitrogens with zero attached hydrogens (tertiary/aromatic N) is 1. The van der Waals surface area contributed by atoms with Gasteiger partial charge in [0, 0.05) is 22.8 Å². The second-order valence-electron chi connectivity index (χ2n) is 4.85. The van der Waals surface area contributed by atoms with Crippen LogP contribution in [0.25, 0.3) is 11.3 Å². The Balaban J connectivity index is 2.54. The second-order valence-corrected chi connectivity index (χ2v) is 8.03. The van der Waals surface area contributed by atoms with Gasteiger partial charge in [-0.2, -0.15) is 0 Å². The smallest absolute Gasteiger partial charge is 0.111 e. The summed E-state index contributed by atoms with van der Waals surface area (Å²) in [5.74, 6) is 0. The molecule has 4 heteroatoms. The van der Waals surface area contributed by atoms with Gasteiger partial charge in [0.05, 0.1) is 5.69 Å². The predicted octanol–water partition coefficient (Wildman–Crippen LogP) is 2.89. The molecule has 0 unspecified atom stereocenters. The van der Waals surface area contributed by atoms with Crippen LogP contribution in [0, 0.1) is 6.92 Å². The summed E-state index contributed by atoms with van der Waals surface area (Å²) in [5, 5.41) is 0.724. The molecule has 0 fully saturated rings. The molecule has 0 aliphatic carbocycles. The van der Waals surface area contributed by atoms with E-state index in [1.807, 2.05) is 37.4 Å². The van der Waals surface area contributed by atoms with Gasteiger partial charge in [0.2, 0.25) is 0 Å². The lowest BCUT2D eigenvalue weighted by molar-refractivity contribution is 0.588. The lowest BCUT2D eigenvalue weighted by atomic mass is 10.1. The minimum absolute atomic E-state index is 0.583. The van der Waals surface area contributed by atoms with Gasteiger partial charge in [-0.1, -0.05) is 12.1 Å². The van der Waals surface area contributed by atoms with E-state index in [-0.39, 0.29) is 0 Å². The Labute approximate surface area is 107 Å². The van der Waals surface area contributed by atoms with Crippen molar-refractivity contribution in [1.29, 1.82) is 0 Å². The first-order chi connectivity index (χ1) is 8.38. The maximum Gasteiger partial charge on any atom is 0.111 e. The van der Waals surface area contributed by atoms with Gasteiger partial charge in [0.15, 0.2) is 0 Å². The van der Waals surface area contributed by atoms with Crippen LogP contribution in [0.4, 0.5) is 5.69 Å². The number of pyridine rings is 1. The number of benzene rings is 1. The van der Waals surface area contributed by atoms with Crippen LogP contribution < -0.4 is 11.0 Å². The highest BCUT2D eigenvalue weighted by atomic mass is 31.2. The molecule has 2 N–H and O–H groups in total. The molecule has 2 rings (SSSR count). The standard InChI is InChI=1S/C14H17N2OP/c1-10-4-7-13(16-9-10)11-5-6-12(15)14(8-11)18(2,3)17/h4-9H,15H2,1-3H3. The lowest BCUT2D eigenvalue weighted by Crippen LogP contribution is -2.10. The summed E-state index contributed by atoms with van der Waals surface area (Å²) in [6.07, 6.45) is 1.82. The first-order valence-electron chi connectivity index (χ1n) is 5.76. The Bertz CT molecular complexity index is 614. The van der Waals surface area contributed by atoms with Crippen molar-refractivity contribution < 1.29 is 4.57 Å². The van der Waals surface area contributed by atoms with E-state index < -0.39 is 7.14 Å². The molecular formula is C14H17N2OP. The average Bonchev–Trinajstić information content (AvgIpc) is 2.29. The van der Waals surface area contributed by atoms with Crippen LogP contribution in [0.3, 0.4) is 0 Å². The van der Waals surface area contributed by atoms with E-state index in [1.54, 1.807) is 19.4 Å². The van der Waals surface area contributed by atoms with E-state index in [0.29, 0.717) is 5.69 Å². The Morgan fingerprint density at radius 2 is 1.89 bits per heavy atom. The van der Waals surface area contributed by atoms with Crippen LogP contribution in [-0.2, 0) is 4.57 Å². The number of hydrogen-bond acceptors (Lipinski definition) is 3. The SMILES string of the molecule is Cc1ccc(-c2ccc(N)c(P(C)(C)=O)c2)nc1. The molecule has 0 spiro atoms. The van der Waals surface area contributed by atoms with Crippen LogP contribution in [0.2, 0.25) is 0 Å². The molecule has 18 heavy (non-hydrogen) atoms. The van der Waals surface area contributed by atoms with Gasteiger partial charge in [-0.25, -0.2) is 0 Å². The summed E-state index contributed by atoms with van der Waals surface area (Å²) in [5.41, 5.74) is 9.40. The van der Waals surface area contributed by atoms with Gasteiger partial charge >= 0.3 is 0 Å². The monoisotopic (exact) mass is 260 g/mol. The van der Waals surface area contributed by atoms with Gasteiger partial charge in [-0.15, -0.1) is 0 Å². The summed E-state index contributed by atoms with van der Waals surface area (Å²) in [6, 6.07) is 9.56. The van der Waals surface area contributed by atoms with E-state index in [9.17, 15) is 4.57 Å². The molecule has 0 saturated carbocycles. The number of anilines is 1. The topological polar surface area (TPSA) is 56.0 Å². The average molecular weight is 260 g/mol. The van der Waals surface area contributed by atoms with Crippen molar-refractivity contribution in [2.75, 3.05) is 19.1 Å². The first-order valence-corrected chi connectivity index (χ1v) is 8.36. The minimum atomic E-state index is -2.37. The normalized spacial score (nSPS) is 11.5. The third kappa shape index (κ3) is 2.62. The van der Waals surface area contributed by atoms with E-state index in [2.05, 4.69) is 4.98 Å². The number of aromatic nitrogens is 1. The highest BCUT2D eigenvalue weighted by Gasteiger charge is 2.15. The van der Waals surface area contributed by atoms with Gasteiger partial charge < -0.3 is 10.3 Å². The lowest BCUT2D eigenvalue weighted by Gasteiger charge is -2.12. The van der Waals surface area contributed by atoms with Gasteiger partial charge in [-0.3, -0.25) is 4.98 Å². The van der Waals surface area contributed by atoms with Crippen LogP contribution >= 0.6 is 7.14 Å². The fraction of sp³-hybridized carbons (Fsp3) is 0.214. The highest BCUT2D eigenvalue weighted by Crippen LogP contribution is 2.38. The maximum absolute atomic E-state index is 12.2. The minimum Gasteiger partial charge on any atom is -0.398 e. The molecule has 0 aliphatic rings. The zero-order valence-electron chi connectivity index (χ0n) is 10.8. The Morgan fingerprint density at radius 3 is 2.44 bits per heavy atom. The van der Waals surface area contributed by atoms with Crippen molar-refractivity contribution in [2.45, 2.75) is 6.92 Å². The molecule has 94 valence electrons. The van der Waals surface area contributed by atoms with E-state index >= 15 is 0 Å². The van der Waals surface area contributed by atoms with Crippen molar-refractivity contribution in [3.05, 3.63) is 42.1 Å². The number of nitrogen functional groups attached to an aromatic ring is 1. The summed E-state index contributed by atoms with van der Waals surface area (Å²) >= 11 is 0. The summed E-state index contributed by atoms with van der Waals surface area (Å²) in [7, 11) is -2.37. The molecule has 0 aliphatic heterocycles. The van der Waals surface area contributed by atoms with Crippen molar-refractivity contribution in [3.8, 4) is 11.3 Å². The molecular weight excluding hydrogens is 243 g/mol. The quantitative estimate of drug-likeness (QED) is 0.667. The molecule has 1 heterocycles. The third-order valence-corrected chi connectivity index (χ3v) is 4.37. The predicted molar refractivity (Wildman–Crippen MR) is 77.9 cm³/mol. The summed E-state index contributed by atoms with van der Waals surface area (Å²) in [6.45, 7) is 5.45. The zero-order valence-corrected chi connectivity index (χ0v) is 11.7. The Hall–Kier alpha value is -1.60. The van der Waals surface area contributed by atoms with Crippen molar-refractivity contribution in [1.82, 2.24) is 4.98 Å². The van der Waals surface area contributed by atoms with Gasteiger partial charge in [-0.05, 0) is 44.0 Å². The molecule has 0 amide bonds. The molecule has 0 saturated heterocycles. The van der Waals surface area contributed by atoms with Crippen LogP contribution in [0.15, 0.2) is 36.5 Å². The van der Waals surface area contributed by atoms with Crippen molar-refractivity contribution >= 4 is 18.1 Å². The number of hydrogen-bond donors (Lipinski definition) is 1. The molecule has 3 nitrogen and oxygen atoms in total. The summed E-state index contributed by atoms with van der Waals surface area (Å²) in [4.78, 5) is 4.37. The zero-order chi connectivity index (χ0) is 13.3. The molecule has 0 radical (unpaired) electrons. The fourth-order valence-corrected chi connectivity index (χ4v) is 2.95. The fourth-order valence-electron chi connectivity index (χ4n) is 1.81. The van der Waals surface area contributed by atoms with Crippen LogP contribution in [0.5, 0.6) is 0 Å². The second kappa shape index (κ2) is 4.58. The number of nitrogens with two attached hydrogens (primary N) is 1. The van der Waals surface area contributed by atoms with Crippen LogP contribution in [0.1, 0.15) is 5.56 Å². The molecule has 0 bridgehead atoms. The van der Waals surface area contributed by atoms with Gasteiger partial charge in [0.1, 0.15) is 7.14 Å². The van der Waals surface area contributed by atoms with Crippen LogP contribution in [-0.4, -0.2) is 18.3 Å². The first kappa shape index (κ1) is 12.8. The third-order valence-electron chi connectivity index (χ3n) is 2.82. The Morgan fingerprint density at radius 1 is 1.17 bits per heavy atom. The molecule has 1 aromatic heterocycles. The molecule has 0 atom stereocenters. The number of aryl methyl sites for hydroxylation is 1. The van der Waals surface area contributed by atoms with E-state index in [1.165, 1.54) is 0 Å². The van der Waals surface area contributed by atoms with E-state index in [0.717, 1.165) is 22.1 Å². The van der Waals surface area contributed by atoms with Crippen molar-refractivity contribution in [2.24, 2.45) is 0 Å². The summed E-state index contributed by atoms with van der Waals surface area (Å²) < 4.78 is 12.2. The molecule has 1 aromatic carbocycles. The number of rotatable bonds is 2. The largest absolute Gasteiger partial charge is 0.398 e. The highest BCUT2D eigenvalue weighted by molar-refractivity contribution is 7.70. The van der Waals surface area contributed by atoms with Crippen molar-refractivity contribution in [3.63, 3.8) is 0 Å². The maximum atomic E-state index is 12.2.